The van der Waals surface area contributed by atoms with Gasteiger partial charge in [-0.15, -0.1) is 0 Å². The van der Waals surface area contributed by atoms with Crippen LogP contribution in [0.25, 0.3) is 0 Å². The van der Waals surface area contributed by atoms with E-state index in [9.17, 15) is 19.0 Å². The van der Waals surface area contributed by atoms with Gasteiger partial charge in [0.15, 0.2) is 6.10 Å². The maximum atomic E-state index is 12.6. The third-order valence-electron chi connectivity index (χ3n) is 11.4. The van der Waals surface area contributed by atoms with Crippen molar-refractivity contribution >= 4 is 19.8 Å². The van der Waals surface area contributed by atoms with E-state index in [1.54, 1.807) is 0 Å². The van der Waals surface area contributed by atoms with Gasteiger partial charge >= 0.3 is 19.8 Å². The summed E-state index contributed by atoms with van der Waals surface area (Å²) in [6, 6.07) is 0. The lowest BCUT2D eigenvalue weighted by Crippen LogP contribution is -2.29. The van der Waals surface area contributed by atoms with Gasteiger partial charge < -0.3 is 20.1 Å². The van der Waals surface area contributed by atoms with Crippen molar-refractivity contribution in [3.8, 4) is 0 Å². The molecule has 0 amide bonds. The largest absolute Gasteiger partial charge is 0.472 e. The number of nitrogens with two attached hydrogens (primary N) is 1. The second-order valence-electron chi connectivity index (χ2n) is 18.1. The number of allylic oxidation sites excluding steroid dienone is 18. The molecule has 10 heteroatoms. The normalized spacial score (nSPS) is 13.9. The molecule has 0 fully saturated rings. The zero-order valence-electron chi connectivity index (χ0n) is 44.5. The van der Waals surface area contributed by atoms with Crippen LogP contribution in [-0.2, 0) is 32.7 Å². The molecule has 0 aliphatic carbocycles. The van der Waals surface area contributed by atoms with E-state index in [1.807, 2.05) is 0 Å². The predicted molar refractivity (Wildman–Crippen MR) is 298 cm³/mol. The Hall–Kier alpha value is -3.33. The fraction of sp³-hybridized carbons (Fsp3) is 0.667. The molecule has 0 aromatic rings. The van der Waals surface area contributed by atoms with Crippen molar-refractivity contribution in [2.24, 2.45) is 5.73 Å². The molecule has 2 unspecified atom stereocenters. The standard InChI is InChI=1S/C60H102NO8P/c1-3-5-7-9-11-13-15-16-17-18-19-20-21-22-23-24-25-26-27-28-29-30-31-32-33-34-35-36-37-38-39-40-41-42-43-45-47-49-51-53-60(63)69-58(57-68-70(64,65)67-55-54-61)56-66-59(62)52-50-48-46-44-14-12-10-8-6-4-2/h5,7-8,10-11,13,16-17,19-20,22-23,25-26,28-29,31-32,58H,3-4,6,9,12,14-15,18,21,24,27,30,33-57,61H2,1-2H3,(H,64,65)/b7-5-,10-8-,13-11-,17-16-,20-19-,23-22-,26-25-,29-28-,32-31-. The van der Waals surface area contributed by atoms with Crippen molar-refractivity contribution < 1.29 is 37.6 Å². The number of ether oxygens (including phenoxy) is 2. The first-order valence-electron chi connectivity index (χ1n) is 27.9. The molecule has 0 aliphatic rings. The van der Waals surface area contributed by atoms with Gasteiger partial charge in [0.05, 0.1) is 13.2 Å². The quantitative estimate of drug-likeness (QED) is 0.0264. The van der Waals surface area contributed by atoms with Gasteiger partial charge in [0.25, 0.3) is 0 Å². The Bertz CT molecular complexity index is 1510. The summed E-state index contributed by atoms with van der Waals surface area (Å²) >= 11 is 0. The van der Waals surface area contributed by atoms with Crippen molar-refractivity contribution in [2.75, 3.05) is 26.4 Å². The molecule has 0 saturated heterocycles. The molecule has 0 spiro atoms. The summed E-state index contributed by atoms with van der Waals surface area (Å²) in [5.74, 6) is -0.845. The first-order valence-corrected chi connectivity index (χ1v) is 29.4. The maximum absolute atomic E-state index is 12.6. The molecule has 0 rings (SSSR count). The zero-order chi connectivity index (χ0) is 51.0. The molecule has 70 heavy (non-hydrogen) atoms. The van der Waals surface area contributed by atoms with Gasteiger partial charge in [-0.05, 0) is 96.3 Å². The molecule has 0 aliphatic heterocycles. The lowest BCUT2D eigenvalue weighted by atomic mass is 10.0. The van der Waals surface area contributed by atoms with Crippen LogP contribution in [0.5, 0.6) is 0 Å². The molecule has 2 atom stereocenters. The minimum absolute atomic E-state index is 0.0488. The van der Waals surface area contributed by atoms with Crippen LogP contribution in [0.4, 0.5) is 0 Å². The highest BCUT2D eigenvalue weighted by Gasteiger charge is 2.26. The first-order chi connectivity index (χ1) is 34.3. The molecule has 9 nitrogen and oxygen atoms in total. The first kappa shape index (κ1) is 66.7. The summed E-state index contributed by atoms with van der Waals surface area (Å²) in [4.78, 5) is 34.9. The number of carbonyl (C=O) groups excluding carboxylic acids is 2. The van der Waals surface area contributed by atoms with Gasteiger partial charge in [-0.3, -0.25) is 18.6 Å². The van der Waals surface area contributed by atoms with Crippen LogP contribution in [0.1, 0.15) is 226 Å². The van der Waals surface area contributed by atoms with Gasteiger partial charge in [-0.1, -0.05) is 226 Å². The summed E-state index contributed by atoms with van der Waals surface area (Å²) in [7, 11) is -4.39. The SMILES string of the molecule is CC/C=C\C/C=C\C/C=C\C/C=C\C/C=C\C/C=C\C/C=C\C/C=C\CCCCCCCCCCCCCCCCC(=O)OC(COC(=O)CCCCCCC/C=C\CCC)COP(=O)(O)OCCN. The van der Waals surface area contributed by atoms with Crippen LogP contribution in [0.3, 0.4) is 0 Å². The Morgan fingerprint density at radius 2 is 0.786 bits per heavy atom. The predicted octanol–water partition coefficient (Wildman–Crippen LogP) is 17.5. The molecule has 0 heterocycles. The Balaban J connectivity index is 3.86. The monoisotopic (exact) mass is 996 g/mol. The Kier molecular flexibility index (Phi) is 52.4. The fourth-order valence-corrected chi connectivity index (χ4v) is 8.07. The van der Waals surface area contributed by atoms with E-state index in [-0.39, 0.29) is 32.6 Å². The highest BCUT2D eigenvalue weighted by atomic mass is 31.2. The number of phosphoric acid groups is 1. The Morgan fingerprint density at radius 3 is 1.19 bits per heavy atom. The second-order valence-corrected chi connectivity index (χ2v) is 19.5. The van der Waals surface area contributed by atoms with E-state index in [4.69, 9.17) is 24.3 Å². The van der Waals surface area contributed by atoms with Crippen molar-refractivity contribution in [3.63, 3.8) is 0 Å². The van der Waals surface area contributed by atoms with Crippen LogP contribution in [0, 0.1) is 0 Å². The van der Waals surface area contributed by atoms with E-state index in [0.717, 1.165) is 116 Å². The van der Waals surface area contributed by atoms with Crippen molar-refractivity contribution in [2.45, 2.75) is 232 Å². The van der Waals surface area contributed by atoms with E-state index >= 15 is 0 Å². The third kappa shape index (κ3) is 54.0. The maximum Gasteiger partial charge on any atom is 0.472 e. The number of unbranched alkanes of at least 4 members (excludes halogenated alkanes) is 20. The van der Waals surface area contributed by atoms with Crippen molar-refractivity contribution in [3.05, 3.63) is 109 Å². The Labute approximate surface area is 429 Å². The van der Waals surface area contributed by atoms with E-state index in [2.05, 4.69) is 123 Å². The van der Waals surface area contributed by atoms with Crippen molar-refractivity contribution in [1.29, 1.82) is 0 Å². The minimum Gasteiger partial charge on any atom is -0.462 e. The van der Waals surface area contributed by atoms with Gasteiger partial charge in [-0.25, -0.2) is 4.57 Å². The molecular formula is C60H102NO8P. The molecule has 0 aromatic heterocycles. The number of hydrogen-bond donors (Lipinski definition) is 2. The highest BCUT2D eigenvalue weighted by Crippen LogP contribution is 2.43. The summed E-state index contributed by atoms with van der Waals surface area (Å²) in [5.41, 5.74) is 5.36. The van der Waals surface area contributed by atoms with Gasteiger partial charge in [-0.2, -0.15) is 0 Å². The van der Waals surface area contributed by atoms with Crippen LogP contribution in [-0.4, -0.2) is 49.3 Å². The molecule has 0 saturated carbocycles. The molecule has 0 bridgehead atoms. The molecule has 0 aromatic carbocycles. The van der Waals surface area contributed by atoms with Gasteiger partial charge in [0.2, 0.25) is 0 Å². The topological polar surface area (TPSA) is 134 Å². The number of hydrogen-bond acceptors (Lipinski definition) is 8. The molecular weight excluding hydrogens is 894 g/mol. The van der Waals surface area contributed by atoms with Crippen LogP contribution in [0.2, 0.25) is 0 Å². The smallest absolute Gasteiger partial charge is 0.462 e. The second kappa shape index (κ2) is 55.0. The van der Waals surface area contributed by atoms with E-state index in [1.165, 1.54) is 77.0 Å². The van der Waals surface area contributed by atoms with Crippen molar-refractivity contribution in [1.82, 2.24) is 0 Å². The summed E-state index contributed by atoms with van der Waals surface area (Å²) in [6.07, 6.45) is 74.5. The number of carbonyl (C=O) groups is 2. The molecule has 3 N–H and O–H groups in total. The molecule has 400 valence electrons. The number of rotatable bonds is 51. The number of phosphoric ester groups is 1. The zero-order valence-corrected chi connectivity index (χ0v) is 45.4. The van der Waals surface area contributed by atoms with Gasteiger partial charge in [0.1, 0.15) is 6.61 Å². The van der Waals surface area contributed by atoms with Crippen LogP contribution >= 0.6 is 7.82 Å². The summed E-state index contributed by atoms with van der Waals surface area (Å²) < 4.78 is 32.8. The van der Waals surface area contributed by atoms with Crippen LogP contribution < -0.4 is 5.73 Å². The summed E-state index contributed by atoms with van der Waals surface area (Å²) in [5, 5.41) is 0. The lowest BCUT2D eigenvalue weighted by Gasteiger charge is -2.19. The molecule has 0 radical (unpaired) electrons. The van der Waals surface area contributed by atoms with E-state index < -0.39 is 32.5 Å². The minimum atomic E-state index is -4.39. The van der Waals surface area contributed by atoms with E-state index in [0.29, 0.717) is 6.42 Å². The number of esters is 2. The average Bonchev–Trinajstić information content (AvgIpc) is 3.35. The van der Waals surface area contributed by atoms with Crippen LogP contribution in [0.15, 0.2) is 109 Å². The fourth-order valence-electron chi connectivity index (χ4n) is 7.30. The third-order valence-corrected chi connectivity index (χ3v) is 12.4. The highest BCUT2D eigenvalue weighted by molar-refractivity contribution is 7.47. The van der Waals surface area contributed by atoms with Gasteiger partial charge in [0, 0.05) is 19.4 Å². The Morgan fingerprint density at radius 1 is 0.443 bits per heavy atom. The average molecular weight is 996 g/mol. The lowest BCUT2D eigenvalue weighted by molar-refractivity contribution is -0.161. The summed E-state index contributed by atoms with van der Waals surface area (Å²) in [6.45, 7) is 3.54.